The molecule has 19 heavy (non-hydrogen) atoms. The number of hydrogen-bond acceptors (Lipinski definition) is 5. The van der Waals surface area contributed by atoms with Crippen LogP contribution >= 0.6 is 0 Å². The SMILES string of the molecule is CCOC(=O)NS(=O)(=O)N1CCCCC1CC(C)O. The van der Waals surface area contributed by atoms with Gasteiger partial charge in [0.05, 0.1) is 12.7 Å². The molecule has 7 nitrogen and oxygen atoms in total. The molecule has 1 heterocycles. The highest BCUT2D eigenvalue weighted by Gasteiger charge is 2.34. The molecular weight excluding hydrogens is 272 g/mol. The first kappa shape index (κ1) is 16.2. The second-order valence-corrected chi connectivity index (χ2v) is 6.30. The molecular formula is C11H22N2O5S. The number of piperidine rings is 1. The van der Waals surface area contributed by atoms with E-state index in [1.807, 2.05) is 4.72 Å². The van der Waals surface area contributed by atoms with E-state index in [0.717, 1.165) is 12.8 Å². The smallest absolute Gasteiger partial charge is 0.421 e. The third kappa shape index (κ3) is 4.96. The standard InChI is InChI=1S/C11H22N2O5S/c1-3-18-11(15)12-19(16,17)13-7-5-4-6-10(13)8-9(2)14/h9-10,14H,3-8H2,1-2H3,(H,12,15). The van der Waals surface area contributed by atoms with Crippen LogP contribution in [0.1, 0.15) is 39.5 Å². The second-order valence-electron chi connectivity index (χ2n) is 4.67. The summed E-state index contributed by atoms with van der Waals surface area (Å²) in [6.45, 7) is 3.69. The van der Waals surface area contributed by atoms with Crippen molar-refractivity contribution in [2.45, 2.75) is 51.7 Å². The normalized spacial score (nSPS) is 22.8. The van der Waals surface area contributed by atoms with E-state index in [9.17, 15) is 18.3 Å². The summed E-state index contributed by atoms with van der Waals surface area (Å²) < 4.78 is 31.9. The fraction of sp³-hybridized carbons (Fsp3) is 0.909. The first-order valence-corrected chi connectivity index (χ1v) is 7.95. The molecule has 1 fully saturated rings. The van der Waals surface area contributed by atoms with E-state index in [0.29, 0.717) is 19.4 Å². The van der Waals surface area contributed by atoms with Gasteiger partial charge in [-0.15, -0.1) is 0 Å². The summed E-state index contributed by atoms with van der Waals surface area (Å²) in [5.41, 5.74) is 0. The van der Waals surface area contributed by atoms with Crippen LogP contribution in [0.25, 0.3) is 0 Å². The first-order valence-electron chi connectivity index (χ1n) is 6.51. The summed E-state index contributed by atoms with van der Waals surface area (Å²) >= 11 is 0. The van der Waals surface area contributed by atoms with Gasteiger partial charge in [0.2, 0.25) is 0 Å². The van der Waals surface area contributed by atoms with E-state index < -0.39 is 22.4 Å². The van der Waals surface area contributed by atoms with E-state index in [1.165, 1.54) is 4.31 Å². The predicted molar refractivity (Wildman–Crippen MR) is 69.7 cm³/mol. The lowest BCUT2D eigenvalue weighted by Gasteiger charge is -2.34. The van der Waals surface area contributed by atoms with Crippen molar-refractivity contribution in [2.24, 2.45) is 0 Å². The minimum Gasteiger partial charge on any atom is -0.449 e. The third-order valence-electron chi connectivity index (χ3n) is 2.98. The Morgan fingerprint density at radius 1 is 1.53 bits per heavy atom. The quantitative estimate of drug-likeness (QED) is 0.774. The van der Waals surface area contributed by atoms with Crippen molar-refractivity contribution in [3.8, 4) is 0 Å². The Morgan fingerprint density at radius 3 is 2.79 bits per heavy atom. The van der Waals surface area contributed by atoms with Crippen LogP contribution in [-0.2, 0) is 14.9 Å². The van der Waals surface area contributed by atoms with Crippen molar-refractivity contribution in [1.82, 2.24) is 9.03 Å². The molecule has 0 aromatic carbocycles. The molecule has 0 spiro atoms. The van der Waals surface area contributed by atoms with Gasteiger partial charge in [0.25, 0.3) is 0 Å². The molecule has 1 amide bonds. The molecule has 1 saturated heterocycles. The fourth-order valence-corrected chi connectivity index (χ4v) is 3.58. The molecule has 0 bridgehead atoms. The van der Waals surface area contributed by atoms with Gasteiger partial charge < -0.3 is 9.84 Å². The van der Waals surface area contributed by atoms with E-state index in [1.54, 1.807) is 13.8 Å². The number of nitrogens with one attached hydrogen (secondary N) is 1. The number of rotatable bonds is 5. The molecule has 0 saturated carbocycles. The number of carbonyl (C=O) groups is 1. The predicted octanol–water partition coefficient (Wildman–Crippen LogP) is 0.603. The van der Waals surface area contributed by atoms with Crippen LogP contribution in [0.5, 0.6) is 0 Å². The van der Waals surface area contributed by atoms with Crippen LogP contribution in [0.2, 0.25) is 0 Å². The minimum absolute atomic E-state index is 0.110. The van der Waals surface area contributed by atoms with Crippen molar-refractivity contribution < 1.29 is 23.1 Å². The molecule has 0 aromatic rings. The summed E-state index contributed by atoms with van der Waals surface area (Å²) in [7, 11) is -3.90. The van der Waals surface area contributed by atoms with E-state index >= 15 is 0 Å². The molecule has 8 heteroatoms. The summed E-state index contributed by atoms with van der Waals surface area (Å²) in [4.78, 5) is 11.2. The minimum atomic E-state index is -3.90. The summed E-state index contributed by atoms with van der Waals surface area (Å²) in [6, 6.07) is -0.277. The van der Waals surface area contributed by atoms with Crippen molar-refractivity contribution >= 4 is 16.3 Å². The molecule has 0 aliphatic carbocycles. The Labute approximate surface area is 114 Å². The molecule has 2 atom stereocenters. The van der Waals surface area contributed by atoms with Gasteiger partial charge in [-0.3, -0.25) is 0 Å². The van der Waals surface area contributed by atoms with Gasteiger partial charge in [0.1, 0.15) is 0 Å². The molecule has 0 radical (unpaired) electrons. The average Bonchev–Trinajstić information content (AvgIpc) is 2.28. The lowest BCUT2D eigenvalue weighted by molar-refractivity contribution is 0.130. The number of aliphatic hydroxyl groups is 1. The number of hydrogen-bond donors (Lipinski definition) is 2. The van der Waals surface area contributed by atoms with Crippen LogP contribution in [-0.4, -0.2) is 49.2 Å². The average molecular weight is 294 g/mol. The highest BCUT2D eigenvalue weighted by atomic mass is 32.2. The number of ether oxygens (including phenoxy) is 1. The molecule has 1 aliphatic heterocycles. The zero-order chi connectivity index (χ0) is 14.5. The maximum Gasteiger partial charge on any atom is 0.421 e. The van der Waals surface area contributed by atoms with Gasteiger partial charge >= 0.3 is 16.3 Å². The lowest BCUT2D eigenvalue weighted by atomic mass is 10.00. The molecule has 2 unspecified atom stereocenters. The topological polar surface area (TPSA) is 95.9 Å². The van der Waals surface area contributed by atoms with E-state index in [4.69, 9.17) is 0 Å². The van der Waals surface area contributed by atoms with Crippen LogP contribution in [0.4, 0.5) is 4.79 Å². The molecule has 2 N–H and O–H groups in total. The summed E-state index contributed by atoms with van der Waals surface area (Å²) in [6.07, 6.45) is 1.17. The maximum atomic E-state index is 12.1. The highest BCUT2D eigenvalue weighted by molar-refractivity contribution is 7.87. The first-order chi connectivity index (χ1) is 8.86. The number of aliphatic hydroxyl groups excluding tert-OH is 1. The Hall–Kier alpha value is -0.860. The zero-order valence-electron chi connectivity index (χ0n) is 11.3. The van der Waals surface area contributed by atoms with Gasteiger partial charge in [-0.25, -0.2) is 9.52 Å². The van der Waals surface area contributed by atoms with Crippen LogP contribution in [0.3, 0.4) is 0 Å². The second kappa shape index (κ2) is 7.06. The molecule has 0 aromatic heterocycles. The highest BCUT2D eigenvalue weighted by Crippen LogP contribution is 2.23. The molecule has 1 aliphatic rings. The Bertz CT molecular complexity index is 396. The number of carbonyl (C=O) groups excluding carboxylic acids is 1. The monoisotopic (exact) mass is 294 g/mol. The largest absolute Gasteiger partial charge is 0.449 e. The van der Waals surface area contributed by atoms with Crippen molar-refractivity contribution in [2.75, 3.05) is 13.2 Å². The number of amides is 1. The Balaban J connectivity index is 2.75. The van der Waals surface area contributed by atoms with Gasteiger partial charge in [0.15, 0.2) is 0 Å². The van der Waals surface area contributed by atoms with Crippen LogP contribution in [0.15, 0.2) is 0 Å². The zero-order valence-corrected chi connectivity index (χ0v) is 12.1. The Kier molecular flexibility index (Phi) is 6.02. The summed E-state index contributed by atoms with van der Waals surface area (Å²) in [5.74, 6) is 0. The van der Waals surface area contributed by atoms with Gasteiger partial charge in [-0.05, 0) is 33.1 Å². The van der Waals surface area contributed by atoms with Crippen molar-refractivity contribution in [3.05, 3.63) is 0 Å². The lowest BCUT2D eigenvalue weighted by Crippen LogP contribution is -2.51. The maximum absolute atomic E-state index is 12.1. The molecule has 112 valence electrons. The number of nitrogens with zero attached hydrogens (tertiary/aromatic N) is 1. The van der Waals surface area contributed by atoms with E-state index in [2.05, 4.69) is 4.74 Å². The van der Waals surface area contributed by atoms with Crippen molar-refractivity contribution in [3.63, 3.8) is 0 Å². The van der Waals surface area contributed by atoms with Crippen LogP contribution < -0.4 is 4.72 Å². The Morgan fingerprint density at radius 2 is 2.21 bits per heavy atom. The van der Waals surface area contributed by atoms with Crippen molar-refractivity contribution in [1.29, 1.82) is 0 Å². The van der Waals surface area contributed by atoms with Gasteiger partial charge in [-0.1, -0.05) is 6.42 Å². The van der Waals surface area contributed by atoms with Crippen LogP contribution in [0, 0.1) is 0 Å². The fourth-order valence-electron chi connectivity index (χ4n) is 2.24. The third-order valence-corrected chi connectivity index (χ3v) is 4.51. The van der Waals surface area contributed by atoms with Gasteiger partial charge in [0, 0.05) is 12.6 Å². The summed E-state index contributed by atoms with van der Waals surface area (Å²) in [5, 5.41) is 9.42. The van der Waals surface area contributed by atoms with Gasteiger partial charge in [-0.2, -0.15) is 12.7 Å². The molecule has 1 rings (SSSR count). The van der Waals surface area contributed by atoms with E-state index in [-0.39, 0.29) is 12.6 Å².